The first kappa shape index (κ1) is 17.2. The van der Waals surface area contributed by atoms with E-state index >= 15 is 0 Å². The molecular formula is C17H33NO3. The molecular weight excluding hydrogens is 266 g/mol. The first-order valence-electron chi connectivity index (χ1n) is 8.56. The van der Waals surface area contributed by atoms with Crippen molar-refractivity contribution in [2.24, 2.45) is 17.8 Å². The van der Waals surface area contributed by atoms with Crippen LogP contribution in [0.5, 0.6) is 0 Å². The fourth-order valence-corrected chi connectivity index (χ4v) is 3.96. The molecule has 0 radical (unpaired) electrons. The molecule has 0 aromatic heterocycles. The van der Waals surface area contributed by atoms with Gasteiger partial charge in [-0.3, -0.25) is 0 Å². The number of aliphatic hydroxyl groups excluding tert-OH is 1. The van der Waals surface area contributed by atoms with E-state index in [1.165, 1.54) is 0 Å². The maximum absolute atomic E-state index is 10.6. The Hall–Kier alpha value is -0.160. The summed E-state index contributed by atoms with van der Waals surface area (Å²) in [4.78, 5) is 2.21. The van der Waals surface area contributed by atoms with E-state index in [2.05, 4.69) is 25.8 Å². The van der Waals surface area contributed by atoms with Crippen LogP contribution in [0.2, 0.25) is 0 Å². The minimum Gasteiger partial charge on any atom is -0.393 e. The summed E-state index contributed by atoms with van der Waals surface area (Å²) in [6.45, 7) is 7.46. The van der Waals surface area contributed by atoms with Gasteiger partial charge in [0.15, 0.2) is 0 Å². The van der Waals surface area contributed by atoms with E-state index in [4.69, 9.17) is 4.74 Å². The normalized spacial score (nSPS) is 33.6. The Bertz CT molecular complexity index is 315. The molecule has 4 nitrogen and oxygen atoms in total. The van der Waals surface area contributed by atoms with Crippen LogP contribution in [-0.2, 0) is 4.74 Å². The van der Waals surface area contributed by atoms with Crippen LogP contribution >= 0.6 is 0 Å². The monoisotopic (exact) mass is 299 g/mol. The van der Waals surface area contributed by atoms with Crippen LogP contribution in [0.15, 0.2) is 0 Å². The summed E-state index contributed by atoms with van der Waals surface area (Å²) < 4.78 is 5.34. The second-order valence-electron chi connectivity index (χ2n) is 7.68. The first-order valence-corrected chi connectivity index (χ1v) is 8.56. The second-order valence-corrected chi connectivity index (χ2v) is 7.68. The highest BCUT2D eigenvalue weighted by molar-refractivity contribution is 4.87. The van der Waals surface area contributed by atoms with Crippen LogP contribution in [0.25, 0.3) is 0 Å². The third kappa shape index (κ3) is 4.92. The van der Waals surface area contributed by atoms with Crippen molar-refractivity contribution in [2.75, 3.05) is 33.4 Å². The highest BCUT2D eigenvalue weighted by Gasteiger charge is 2.34. The lowest BCUT2D eigenvalue weighted by atomic mass is 9.74. The van der Waals surface area contributed by atoms with E-state index in [-0.39, 0.29) is 6.10 Å². The number of rotatable bonds is 5. The Morgan fingerprint density at radius 3 is 2.52 bits per heavy atom. The summed E-state index contributed by atoms with van der Waals surface area (Å²) in [5.74, 6) is 1.78. The summed E-state index contributed by atoms with van der Waals surface area (Å²) >= 11 is 0. The predicted octanol–water partition coefficient (Wildman–Crippen LogP) is 1.89. The molecule has 0 spiro atoms. The Morgan fingerprint density at radius 2 is 1.90 bits per heavy atom. The molecule has 21 heavy (non-hydrogen) atoms. The molecule has 2 N–H and O–H groups in total. The van der Waals surface area contributed by atoms with Crippen LogP contribution in [-0.4, -0.2) is 60.2 Å². The Balaban J connectivity index is 1.84. The Kier molecular flexibility index (Phi) is 6.06. The van der Waals surface area contributed by atoms with Crippen LogP contribution in [0.3, 0.4) is 0 Å². The molecule has 124 valence electrons. The molecule has 3 unspecified atom stereocenters. The Labute approximate surface area is 129 Å². The van der Waals surface area contributed by atoms with Crippen LogP contribution < -0.4 is 0 Å². The van der Waals surface area contributed by atoms with E-state index in [0.29, 0.717) is 31.6 Å². The lowest BCUT2D eigenvalue weighted by Crippen LogP contribution is -2.48. The van der Waals surface area contributed by atoms with E-state index in [9.17, 15) is 10.2 Å². The minimum atomic E-state index is -0.607. The largest absolute Gasteiger partial charge is 0.393 e. The molecule has 1 aliphatic heterocycles. The van der Waals surface area contributed by atoms with Gasteiger partial charge in [0.1, 0.15) is 0 Å². The van der Waals surface area contributed by atoms with Crippen LogP contribution in [0.4, 0.5) is 0 Å². The molecule has 0 bridgehead atoms. The van der Waals surface area contributed by atoms with E-state index in [0.717, 1.165) is 44.6 Å². The van der Waals surface area contributed by atoms with Crippen molar-refractivity contribution in [3.63, 3.8) is 0 Å². The third-order valence-electron chi connectivity index (χ3n) is 5.46. The van der Waals surface area contributed by atoms with Gasteiger partial charge in [-0.05, 0) is 44.1 Å². The van der Waals surface area contributed by atoms with Crippen LogP contribution in [0.1, 0.15) is 46.0 Å². The predicted molar refractivity (Wildman–Crippen MR) is 84.2 cm³/mol. The van der Waals surface area contributed by atoms with E-state index in [1.807, 2.05) is 0 Å². The number of aliphatic hydroxyl groups is 2. The second kappa shape index (κ2) is 7.40. The molecule has 1 saturated carbocycles. The molecule has 0 aromatic rings. The van der Waals surface area contributed by atoms with E-state index < -0.39 is 5.60 Å². The Morgan fingerprint density at radius 1 is 1.24 bits per heavy atom. The quantitative estimate of drug-likeness (QED) is 0.814. The summed E-state index contributed by atoms with van der Waals surface area (Å²) in [6, 6.07) is 0. The maximum Gasteiger partial charge on any atom is 0.0817 e. The van der Waals surface area contributed by atoms with Gasteiger partial charge in [-0.2, -0.15) is 0 Å². The molecule has 2 rings (SSSR count). The van der Waals surface area contributed by atoms with Crippen molar-refractivity contribution in [3.05, 3.63) is 0 Å². The SMILES string of the molecule is CC(C)C1CCC(O)C(CN(C)CC2(O)CCOCC2)C1. The number of ether oxygens (including phenoxy) is 1. The number of nitrogens with zero attached hydrogens (tertiary/aromatic N) is 1. The van der Waals surface area contributed by atoms with Crippen molar-refractivity contribution in [1.82, 2.24) is 4.90 Å². The summed E-state index contributed by atoms with van der Waals surface area (Å²) in [5, 5.41) is 20.9. The van der Waals surface area contributed by atoms with Crippen molar-refractivity contribution in [3.8, 4) is 0 Å². The summed E-state index contributed by atoms with van der Waals surface area (Å²) in [5.41, 5.74) is -0.607. The average molecular weight is 299 g/mol. The highest BCUT2D eigenvalue weighted by atomic mass is 16.5. The van der Waals surface area contributed by atoms with Gasteiger partial charge >= 0.3 is 0 Å². The molecule has 0 aromatic carbocycles. The minimum absolute atomic E-state index is 0.174. The summed E-state index contributed by atoms with van der Waals surface area (Å²) in [7, 11) is 2.07. The molecule has 1 saturated heterocycles. The van der Waals surface area contributed by atoms with E-state index in [1.54, 1.807) is 0 Å². The highest BCUT2D eigenvalue weighted by Crippen LogP contribution is 2.34. The lowest BCUT2D eigenvalue weighted by molar-refractivity contribution is -0.0817. The first-order chi connectivity index (χ1) is 9.89. The molecule has 2 fully saturated rings. The van der Waals surface area contributed by atoms with Gasteiger partial charge in [0, 0.05) is 39.1 Å². The van der Waals surface area contributed by atoms with Gasteiger partial charge < -0.3 is 19.8 Å². The molecule has 0 amide bonds. The molecule has 4 heteroatoms. The fraction of sp³-hybridized carbons (Fsp3) is 1.00. The molecule has 1 aliphatic carbocycles. The number of likely N-dealkylation sites (N-methyl/N-ethyl adjacent to an activating group) is 1. The zero-order valence-electron chi connectivity index (χ0n) is 13.9. The van der Waals surface area contributed by atoms with Gasteiger partial charge in [0.2, 0.25) is 0 Å². The van der Waals surface area contributed by atoms with Gasteiger partial charge in [-0.15, -0.1) is 0 Å². The standard InChI is InChI=1S/C17H33NO3/c1-13(2)14-4-5-16(19)15(10-14)11-18(3)12-17(20)6-8-21-9-7-17/h13-16,19-20H,4-12H2,1-3H3. The van der Waals surface area contributed by atoms with Gasteiger partial charge in [0.25, 0.3) is 0 Å². The molecule has 3 atom stereocenters. The topological polar surface area (TPSA) is 52.9 Å². The summed E-state index contributed by atoms with van der Waals surface area (Å²) in [6.07, 6.45) is 4.47. The fourth-order valence-electron chi connectivity index (χ4n) is 3.96. The van der Waals surface area contributed by atoms with Crippen molar-refractivity contribution < 1.29 is 14.9 Å². The number of hydrogen-bond acceptors (Lipinski definition) is 4. The lowest BCUT2D eigenvalue weighted by Gasteiger charge is -2.40. The van der Waals surface area contributed by atoms with Crippen molar-refractivity contribution in [1.29, 1.82) is 0 Å². The molecule has 2 aliphatic rings. The average Bonchev–Trinajstić information content (AvgIpc) is 2.41. The zero-order valence-corrected chi connectivity index (χ0v) is 13.9. The smallest absolute Gasteiger partial charge is 0.0817 e. The zero-order chi connectivity index (χ0) is 15.5. The number of hydrogen-bond donors (Lipinski definition) is 2. The molecule has 1 heterocycles. The van der Waals surface area contributed by atoms with Gasteiger partial charge in [-0.25, -0.2) is 0 Å². The van der Waals surface area contributed by atoms with Gasteiger partial charge in [-0.1, -0.05) is 13.8 Å². The van der Waals surface area contributed by atoms with Crippen molar-refractivity contribution in [2.45, 2.75) is 57.7 Å². The van der Waals surface area contributed by atoms with Crippen molar-refractivity contribution >= 4 is 0 Å². The maximum atomic E-state index is 10.6. The van der Waals surface area contributed by atoms with Gasteiger partial charge in [0.05, 0.1) is 11.7 Å². The van der Waals surface area contributed by atoms with Crippen LogP contribution in [0, 0.1) is 17.8 Å². The third-order valence-corrected chi connectivity index (χ3v) is 5.46.